The highest BCUT2D eigenvalue weighted by Crippen LogP contribution is 2.19. The topological polar surface area (TPSA) is 51.2 Å². The lowest BCUT2D eigenvalue weighted by Gasteiger charge is -2.27. The molecule has 2 rings (SSSR count). The predicted octanol–water partition coefficient (Wildman–Crippen LogP) is 2.65. The summed E-state index contributed by atoms with van der Waals surface area (Å²) >= 11 is 0. The molecule has 0 radical (unpaired) electrons. The molecule has 0 saturated heterocycles. The van der Waals surface area contributed by atoms with Crippen molar-refractivity contribution in [1.82, 2.24) is 5.32 Å². The summed E-state index contributed by atoms with van der Waals surface area (Å²) in [5.41, 5.74) is 6.69. The Bertz CT molecular complexity index is 453. The average molecular weight is 232 g/mol. The largest absolute Gasteiger partial charge is 0.460 e. The number of furan rings is 1. The van der Waals surface area contributed by atoms with Gasteiger partial charge in [0.2, 0.25) is 0 Å². The lowest BCUT2D eigenvalue weighted by molar-refractivity contribution is 0.335. The molecule has 0 saturated carbocycles. The van der Waals surface area contributed by atoms with E-state index in [1.165, 1.54) is 0 Å². The maximum absolute atomic E-state index is 5.76. The van der Waals surface area contributed by atoms with E-state index in [-0.39, 0.29) is 5.54 Å². The molecule has 1 atom stereocenters. The molecule has 92 valence electrons. The van der Waals surface area contributed by atoms with Gasteiger partial charge in [0.05, 0.1) is 6.54 Å². The number of fused-ring (bicyclic) bond motifs is 1. The second kappa shape index (κ2) is 4.90. The van der Waals surface area contributed by atoms with Crippen LogP contribution in [0.5, 0.6) is 0 Å². The van der Waals surface area contributed by atoms with E-state index in [0.29, 0.717) is 6.54 Å². The first kappa shape index (κ1) is 12.1. The van der Waals surface area contributed by atoms with E-state index in [0.717, 1.165) is 29.7 Å². The van der Waals surface area contributed by atoms with Gasteiger partial charge in [0, 0.05) is 17.5 Å². The fourth-order valence-corrected chi connectivity index (χ4v) is 1.77. The standard InChI is InChI=1S/C14H20N2O/c1-3-14(2,10-15)16-9-12-8-11-6-4-5-7-13(11)17-12/h4-8,16H,3,9-10,15H2,1-2H3. The molecule has 1 heterocycles. The van der Waals surface area contributed by atoms with Gasteiger partial charge in [-0.05, 0) is 25.5 Å². The molecular weight excluding hydrogens is 212 g/mol. The summed E-state index contributed by atoms with van der Waals surface area (Å²) in [6.07, 6.45) is 1.00. The van der Waals surface area contributed by atoms with Crippen LogP contribution in [0, 0.1) is 0 Å². The van der Waals surface area contributed by atoms with Crippen LogP contribution >= 0.6 is 0 Å². The second-order valence-electron chi connectivity index (χ2n) is 4.72. The Balaban J connectivity index is 2.09. The minimum Gasteiger partial charge on any atom is -0.460 e. The zero-order valence-corrected chi connectivity index (χ0v) is 10.5. The Labute approximate surface area is 102 Å². The van der Waals surface area contributed by atoms with Gasteiger partial charge >= 0.3 is 0 Å². The maximum Gasteiger partial charge on any atom is 0.134 e. The van der Waals surface area contributed by atoms with Gasteiger partial charge < -0.3 is 15.5 Å². The van der Waals surface area contributed by atoms with Gasteiger partial charge in [-0.15, -0.1) is 0 Å². The van der Waals surface area contributed by atoms with Crippen molar-refractivity contribution >= 4 is 11.0 Å². The number of benzene rings is 1. The van der Waals surface area contributed by atoms with Crippen molar-refractivity contribution < 1.29 is 4.42 Å². The number of rotatable bonds is 5. The van der Waals surface area contributed by atoms with Gasteiger partial charge in [-0.3, -0.25) is 0 Å². The summed E-state index contributed by atoms with van der Waals surface area (Å²) < 4.78 is 5.75. The third-order valence-corrected chi connectivity index (χ3v) is 3.40. The van der Waals surface area contributed by atoms with Gasteiger partial charge in [-0.1, -0.05) is 25.1 Å². The average Bonchev–Trinajstić information content (AvgIpc) is 2.79. The molecule has 3 nitrogen and oxygen atoms in total. The first-order valence-corrected chi connectivity index (χ1v) is 6.09. The SMILES string of the molecule is CCC(C)(CN)NCc1cc2ccccc2o1. The minimum absolute atomic E-state index is 0.0149. The Hall–Kier alpha value is -1.32. The van der Waals surface area contributed by atoms with Crippen molar-refractivity contribution in [3.8, 4) is 0 Å². The molecule has 2 aromatic rings. The molecule has 1 aromatic heterocycles. The highest BCUT2D eigenvalue weighted by Gasteiger charge is 2.19. The van der Waals surface area contributed by atoms with Crippen LogP contribution in [0.15, 0.2) is 34.7 Å². The van der Waals surface area contributed by atoms with E-state index in [9.17, 15) is 0 Å². The summed E-state index contributed by atoms with van der Waals surface area (Å²) in [6, 6.07) is 10.1. The van der Waals surface area contributed by atoms with Crippen LogP contribution in [0.1, 0.15) is 26.0 Å². The van der Waals surface area contributed by atoms with Gasteiger partial charge in [-0.25, -0.2) is 0 Å². The quantitative estimate of drug-likeness (QED) is 0.833. The normalized spacial score (nSPS) is 15.0. The monoisotopic (exact) mass is 232 g/mol. The zero-order valence-electron chi connectivity index (χ0n) is 10.5. The van der Waals surface area contributed by atoms with E-state index < -0.39 is 0 Å². The molecule has 3 heteroatoms. The fourth-order valence-electron chi connectivity index (χ4n) is 1.77. The molecule has 17 heavy (non-hydrogen) atoms. The molecule has 1 aromatic carbocycles. The van der Waals surface area contributed by atoms with Crippen molar-refractivity contribution in [3.05, 3.63) is 36.1 Å². The van der Waals surface area contributed by atoms with Crippen LogP contribution in [0.3, 0.4) is 0 Å². The Morgan fingerprint density at radius 2 is 2.12 bits per heavy atom. The molecule has 0 bridgehead atoms. The molecule has 0 amide bonds. The molecule has 0 spiro atoms. The van der Waals surface area contributed by atoms with Gasteiger partial charge in [0.1, 0.15) is 11.3 Å². The van der Waals surface area contributed by atoms with Crippen LogP contribution in [-0.4, -0.2) is 12.1 Å². The molecule has 0 aliphatic rings. The summed E-state index contributed by atoms with van der Waals surface area (Å²) in [6.45, 7) is 5.62. The summed E-state index contributed by atoms with van der Waals surface area (Å²) in [5.74, 6) is 0.958. The van der Waals surface area contributed by atoms with E-state index in [1.807, 2.05) is 18.2 Å². The molecule has 0 aliphatic heterocycles. The van der Waals surface area contributed by atoms with Crippen LogP contribution in [0.2, 0.25) is 0 Å². The molecule has 1 unspecified atom stereocenters. The lowest BCUT2D eigenvalue weighted by atomic mass is 9.99. The van der Waals surface area contributed by atoms with Crippen LogP contribution in [0.25, 0.3) is 11.0 Å². The van der Waals surface area contributed by atoms with E-state index >= 15 is 0 Å². The van der Waals surface area contributed by atoms with Crippen LogP contribution < -0.4 is 11.1 Å². The number of nitrogens with two attached hydrogens (primary N) is 1. The smallest absolute Gasteiger partial charge is 0.134 e. The predicted molar refractivity (Wildman–Crippen MR) is 70.8 cm³/mol. The summed E-state index contributed by atoms with van der Waals surface area (Å²) in [5, 5.41) is 4.60. The van der Waals surface area contributed by atoms with Crippen molar-refractivity contribution in [2.45, 2.75) is 32.4 Å². The molecule has 3 N–H and O–H groups in total. The first-order valence-electron chi connectivity index (χ1n) is 6.09. The first-order chi connectivity index (χ1) is 8.17. The minimum atomic E-state index is -0.0149. The third-order valence-electron chi connectivity index (χ3n) is 3.40. The molecule has 0 aliphatic carbocycles. The molecule has 0 fully saturated rings. The van der Waals surface area contributed by atoms with E-state index in [2.05, 4.69) is 31.3 Å². The lowest BCUT2D eigenvalue weighted by Crippen LogP contribution is -2.47. The fraction of sp³-hybridized carbons (Fsp3) is 0.429. The Morgan fingerprint density at radius 1 is 1.35 bits per heavy atom. The van der Waals surface area contributed by atoms with Crippen molar-refractivity contribution in [2.24, 2.45) is 5.73 Å². The van der Waals surface area contributed by atoms with Crippen LogP contribution in [-0.2, 0) is 6.54 Å². The highest BCUT2D eigenvalue weighted by atomic mass is 16.3. The van der Waals surface area contributed by atoms with E-state index in [1.54, 1.807) is 0 Å². The summed E-state index contributed by atoms with van der Waals surface area (Å²) in [7, 11) is 0. The number of hydrogen-bond donors (Lipinski definition) is 2. The maximum atomic E-state index is 5.76. The Morgan fingerprint density at radius 3 is 2.76 bits per heavy atom. The van der Waals surface area contributed by atoms with Gasteiger partial charge in [0.15, 0.2) is 0 Å². The summed E-state index contributed by atoms with van der Waals surface area (Å²) in [4.78, 5) is 0. The second-order valence-corrected chi connectivity index (χ2v) is 4.72. The molecular formula is C14H20N2O. The van der Waals surface area contributed by atoms with Crippen molar-refractivity contribution in [2.75, 3.05) is 6.54 Å². The number of nitrogens with one attached hydrogen (secondary N) is 1. The van der Waals surface area contributed by atoms with Crippen LogP contribution in [0.4, 0.5) is 0 Å². The highest BCUT2D eigenvalue weighted by molar-refractivity contribution is 5.77. The van der Waals surface area contributed by atoms with E-state index in [4.69, 9.17) is 10.2 Å². The third kappa shape index (κ3) is 2.68. The van der Waals surface area contributed by atoms with Crippen molar-refractivity contribution in [3.63, 3.8) is 0 Å². The number of hydrogen-bond acceptors (Lipinski definition) is 3. The number of para-hydroxylation sites is 1. The Kier molecular flexibility index (Phi) is 3.50. The van der Waals surface area contributed by atoms with Crippen molar-refractivity contribution in [1.29, 1.82) is 0 Å². The zero-order chi connectivity index (χ0) is 12.3. The van der Waals surface area contributed by atoms with Gasteiger partial charge in [-0.2, -0.15) is 0 Å². The van der Waals surface area contributed by atoms with Gasteiger partial charge in [0.25, 0.3) is 0 Å².